The Bertz CT molecular complexity index is 768. The van der Waals surface area contributed by atoms with Crippen molar-refractivity contribution < 1.29 is 0 Å². The van der Waals surface area contributed by atoms with Gasteiger partial charge in [-0.25, -0.2) is 4.98 Å². The summed E-state index contributed by atoms with van der Waals surface area (Å²) in [7, 11) is 0. The molecule has 18 heavy (non-hydrogen) atoms. The van der Waals surface area contributed by atoms with Crippen LogP contribution >= 0.6 is 11.6 Å². The number of H-pyrrole nitrogens is 1. The van der Waals surface area contributed by atoms with Gasteiger partial charge in [-0.1, -0.05) is 23.7 Å². The summed E-state index contributed by atoms with van der Waals surface area (Å²) in [5.41, 5.74) is 3.25. The highest BCUT2D eigenvalue weighted by atomic mass is 35.5. The third kappa shape index (κ3) is 1.83. The number of aromatic nitrogens is 2. The van der Waals surface area contributed by atoms with Crippen molar-refractivity contribution >= 4 is 22.6 Å². The van der Waals surface area contributed by atoms with Crippen molar-refractivity contribution in [3.63, 3.8) is 0 Å². The van der Waals surface area contributed by atoms with Crippen LogP contribution in [-0.2, 0) is 0 Å². The van der Waals surface area contributed by atoms with Crippen LogP contribution < -0.4 is 0 Å². The van der Waals surface area contributed by atoms with Crippen LogP contribution in [0.1, 0.15) is 5.56 Å². The van der Waals surface area contributed by atoms with E-state index < -0.39 is 0 Å². The predicted molar refractivity (Wildman–Crippen MR) is 71.3 cm³/mol. The zero-order chi connectivity index (χ0) is 12.5. The Morgan fingerprint density at radius 3 is 2.89 bits per heavy atom. The molecule has 3 aromatic rings. The lowest BCUT2D eigenvalue weighted by Crippen LogP contribution is -1.81. The van der Waals surface area contributed by atoms with Gasteiger partial charge in [0.1, 0.15) is 5.82 Å². The molecule has 0 radical (unpaired) electrons. The molecule has 0 unspecified atom stereocenters. The fourth-order valence-corrected chi connectivity index (χ4v) is 2.03. The molecule has 0 aliphatic rings. The van der Waals surface area contributed by atoms with Crippen molar-refractivity contribution in [2.75, 3.05) is 0 Å². The molecule has 0 atom stereocenters. The molecule has 0 spiro atoms. The van der Waals surface area contributed by atoms with Crippen LogP contribution in [0.5, 0.6) is 0 Å². The van der Waals surface area contributed by atoms with E-state index in [1.54, 1.807) is 18.2 Å². The molecule has 3 nitrogen and oxygen atoms in total. The molecule has 86 valence electrons. The number of imidazole rings is 1. The molecule has 0 aliphatic carbocycles. The van der Waals surface area contributed by atoms with Crippen LogP contribution in [0.25, 0.3) is 22.4 Å². The number of nitriles is 1. The second kappa shape index (κ2) is 4.17. The molecule has 0 aliphatic heterocycles. The Morgan fingerprint density at radius 1 is 1.17 bits per heavy atom. The van der Waals surface area contributed by atoms with Gasteiger partial charge in [-0.15, -0.1) is 0 Å². The maximum absolute atomic E-state index is 8.89. The first kappa shape index (κ1) is 10.8. The molecule has 0 saturated heterocycles. The standard InChI is InChI=1S/C14H8ClN3/c15-11-4-5-12-13(7-11)18-14(17-12)10-3-1-2-9(6-10)8-16/h1-7H,(H,17,18). The second-order valence-corrected chi connectivity index (χ2v) is 4.38. The van der Waals surface area contributed by atoms with Crippen molar-refractivity contribution in [1.82, 2.24) is 9.97 Å². The van der Waals surface area contributed by atoms with Gasteiger partial charge in [-0.05, 0) is 30.3 Å². The first-order valence-corrected chi connectivity index (χ1v) is 5.80. The van der Waals surface area contributed by atoms with E-state index in [1.165, 1.54) is 0 Å². The Morgan fingerprint density at radius 2 is 2.06 bits per heavy atom. The molecular weight excluding hydrogens is 246 g/mol. The van der Waals surface area contributed by atoms with E-state index in [-0.39, 0.29) is 0 Å². The van der Waals surface area contributed by atoms with Crippen molar-refractivity contribution in [2.24, 2.45) is 0 Å². The average molecular weight is 254 g/mol. The molecule has 0 bridgehead atoms. The van der Waals surface area contributed by atoms with E-state index in [2.05, 4.69) is 16.0 Å². The molecular formula is C14H8ClN3. The SMILES string of the molecule is N#Cc1cccc(-c2nc3ccc(Cl)cc3[nH]2)c1. The van der Waals surface area contributed by atoms with E-state index in [4.69, 9.17) is 16.9 Å². The van der Waals surface area contributed by atoms with E-state index in [0.29, 0.717) is 10.6 Å². The van der Waals surface area contributed by atoms with Gasteiger partial charge in [-0.3, -0.25) is 0 Å². The topological polar surface area (TPSA) is 52.5 Å². The normalized spacial score (nSPS) is 10.4. The molecule has 0 amide bonds. The third-order valence-corrected chi connectivity index (χ3v) is 2.94. The number of fused-ring (bicyclic) bond motifs is 1. The fourth-order valence-electron chi connectivity index (χ4n) is 1.85. The summed E-state index contributed by atoms with van der Waals surface area (Å²) in [6, 6.07) is 15.0. The van der Waals surface area contributed by atoms with Crippen LogP contribution in [0, 0.1) is 11.3 Å². The van der Waals surface area contributed by atoms with Gasteiger partial charge in [0, 0.05) is 10.6 Å². The third-order valence-electron chi connectivity index (χ3n) is 2.71. The van der Waals surface area contributed by atoms with Crippen molar-refractivity contribution in [3.05, 3.63) is 53.1 Å². The quantitative estimate of drug-likeness (QED) is 0.718. The monoisotopic (exact) mass is 253 g/mol. The molecule has 2 aromatic carbocycles. The highest BCUT2D eigenvalue weighted by molar-refractivity contribution is 6.31. The van der Waals surface area contributed by atoms with Gasteiger partial charge in [-0.2, -0.15) is 5.26 Å². The van der Waals surface area contributed by atoms with Gasteiger partial charge in [0.05, 0.1) is 22.7 Å². The highest BCUT2D eigenvalue weighted by Gasteiger charge is 2.06. The molecule has 1 N–H and O–H groups in total. The van der Waals surface area contributed by atoms with Crippen molar-refractivity contribution in [2.45, 2.75) is 0 Å². The summed E-state index contributed by atoms with van der Waals surface area (Å²) >= 11 is 5.93. The first-order chi connectivity index (χ1) is 8.76. The number of hydrogen-bond acceptors (Lipinski definition) is 2. The summed E-state index contributed by atoms with van der Waals surface area (Å²) in [6.07, 6.45) is 0. The summed E-state index contributed by atoms with van der Waals surface area (Å²) in [6.45, 7) is 0. The zero-order valence-electron chi connectivity index (χ0n) is 9.31. The van der Waals surface area contributed by atoms with Crippen LogP contribution in [-0.4, -0.2) is 9.97 Å². The molecule has 3 rings (SSSR count). The fraction of sp³-hybridized carbons (Fsp3) is 0. The summed E-state index contributed by atoms with van der Waals surface area (Å²) in [5.74, 6) is 0.740. The number of rotatable bonds is 1. The first-order valence-electron chi connectivity index (χ1n) is 5.42. The number of hydrogen-bond donors (Lipinski definition) is 1. The summed E-state index contributed by atoms with van der Waals surface area (Å²) < 4.78 is 0. The summed E-state index contributed by atoms with van der Waals surface area (Å²) in [4.78, 5) is 7.67. The Labute approximate surface area is 109 Å². The minimum atomic E-state index is 0.617. The predicted octanol–water partition coefficient (Wildman–Crippen LogP) is 3.75. The number of nitrogens with zero attached hydrogens (tertiary/aromatic N) is 2. The number of nitrogens with one attached hydrogen (secondary N) is 1. The molecule has 4 heteroatoms. The van der Waals surface area contributed by atoms with E-state index in [9.17, 15) is 0 Å². The van der Waals surface area contributed by atoms with Gasteiger partial charge >= 0.3 is 0 Å². The van der Waals surface area contributed by atoms with Crippen LogP contribution in [0.4, 0.5) is 0 Å². The molecule has 1 heterocycles. The molecule has 0 fully saturated rings. The molecule has 0 saturated carbocycles. The largest absolute Gasteiger partial charge is 0.338 e. The minimum Gasteiger partial charge on any atom is -0.338 e. The zero-order valence-corrected chi connectivity index (χ0v) is 10.1. The number of aromatic amines is 1. The Balaban J connectivity index is 2.16. The molecule has 1 aromatic heterocycles. The van der Waals surface area contributed by atoms with Gasteiger partial charge in [0.2, 0.25) is 0 Å². The lowest BCUT2D eigenvalue weighted by Gasteiger charge is -1.96. The van der Waals surface area contributed by atoms with Crippen LogP contribution in [0.2, 0.25) is 5.02 Å². The highest BCUT2D eigenvalue weighted by Crippen LogP contribution is 2.23. The lowest BCUT2D eigenvalue weighted by molar-refractivity contribution is 1.33. The number of benzene rings is 2. The second-order valence-electron chi connectivity index (χ2n) is 3.94. The lowest BCUT2D eigenvalue weighted by atomic mass is 10.1. The van der Waals surface area contributed by atoms with Crippen LogP contribution in [0.3, 0.4) is 0 Å². The summed E-state index contributed by atoms with van der Waals surface area (Å²) in [5, 5.41) is 9.56. The van der Waals surface area contributed by atoms with E-state index in [1.807, 2.05) is 24.3 Å². The van der Waals surface area contributed by atoms with Gasteiger partial charge in [0.25, 0.3) is 0 Å². The van der Waals surface area contributed by atoms with Crippen LogP contribution in [0.15, 0.2) is 42.5 Å². The number of halogens is 1. The minimum absolute atomic E-state index is 0.617. The van der Waals surface area contributed by atoms with Crippen molar-refractivity contribution in [3.8, 4) is 17.5 Å². The van der Waals surface area contributed by atoms with E-state index in [0.717, 1.165) is 22.4 Å². The van der Waals surface area contributed by atoms with Gasteiger partial charge in [0.15, 0.2) is 0 Å². The van der Waals surface area contributed by atoms with E-state index >= 15 is 0 Å². The Hall–Kier alpha value is -2.31. The maximum Gasteiger partial charge on any atom is 0.138 e. The Kier molecular flexibility index (Phi) is 2.51. The maximum atomic E-state index is 8.89. The smallest absolute Gasteiger partial charge is 0.138 e. The van der Waals surface area contributed by atoms with Crippen molar-refractivity contribution in [1.29, 1.82) is 5.26 Å². The average Bonchev–Trinajstić information content (AvgIpc) is 2.81. The van der Waals surface area contributed by atoms with Gasteiger partial charge < -0.3 is 4.98 Å².